The molecule has 0 amide bonds. The Morgan fingerprint density at radius 2 is 2.12 bits per heavy atom. The van der Waals surface area contributed by atoms with E-state index in [-0.39, 0.29) is 0 Å². The van der Waals surface area contributed by atoms with Gasteiger partial charge in [-0.3, -0.25) is 4.98 Å². The number of anilines is 1. The zero-order valence-corrected chi connectivity index (χ0v) is 11.9. The largest absolute Gasteiger partial charge is 0.366 e. The predicted octanol–water partition coefficient (Wildman–Crippen LogP) is 2.60. The summed E-state index contributed by atoms with van der Waals surface area (Å²) in [5, 5.41) is 0. The molecule has 0 aliphatic carbocycles. The minimum Gasteiger partial charge on any atom is -0.366 e. The Hall–Kier alpha value is -0.800. The van der Waals surface area contributed by atoms with Crippen LogP contribution in [0.4, 0.5) is 5.69 Å². The van der Waals surface area contributed by atoms with Crippen LogP contribution in [-0.4, -0.2) is 43.1 Å². The molecule has 1 aromatic heterocycles. The van der Waals surface area contributed by atoms with Gasteiger partial charge in [-0.05, 0) is 39.6 Å². The van der Waals surface area contributed by atoms with Crippen molar-refractivity contribution in [2.24, 2.45) is 0 Å². The van der Waals surface area contributed by atoms with Crippen LogP contribution in [0.5, 0.6) is 0 Å². The first kappa shape index (κ1) is 14.3. The SMILES string of the molecule is CCN(c1cnccc1CCl)C(C)CN(C)C. The Bertz CT molecular complexity index is 341. The van der Waals surface area contributed by atoms with Crippen LogP contribution in [0.15, 0.2) is 18.5 Å². The van der Waals surface area contributed by atoms with Crippen LogP contribution in [-0.2, 0) is 5.88 Å². The number of alkyl halides is 1. The molecule has 3 nitrogen and oxygen atoms in total. The summed E-state index contributed by atoms with van der Waals surface area (Å²) >= 11 is 5.98. The van der Waals surface area contributed by atoms with Crippen molar-refractivity contribution in [2.75, 3.05) is 32.1 Å². The molecule has 0 aromatic carbocycles. The van der Waals surface area contributed by atoms with Crippen LogP contribution in [0.25, 0.3) is 0 Å². The lowest BCUT2D eigenvalue weighted by Crippen LogP contribution is -2.40. The normalized spacial score (nSPS) is 12.8. The highest BCUT2D eigenvalue weighted by atomic mass is 35.5. The van der Waals surface area contributed by atoms with E-state index in [9.17, 15) is 0 Å². The van der Waals surface area contributed by atoms with Gasteiger partial charge in [0, 0.05) is 31.2 Å². The van der Waals surface area contributed by atoms with Crippen molar-refractivity contribution in [2.45, 2.75) is 25.8 Å². The first-order chi connectivity index (χ1) is 8.10. The maximum Gasteiger partial charge on any atom is 0.0600 e. The number of hydrogen-bond acceptors (Lipinski definition) is 3. The molecule has 0 fully saturated rings. The molecule has 96 valence electrons. The highest BCUT2D eigenvalue weighted by Gasteiger charge is 2.16. The smallest absolute Gasteiger partial charge is 0.0600 e. The van der Waals surface area contributed by atoms with Gasteiger partial charge in [0.05, 0.1) is 11.9 Å². The van der Waals surface area contributed by atoms with Gasteiger partial charge in [0.25, 0.3) is 0 Å². The van der Waals surface area contributed by atoms with Gasteiger partial charge in [-0.2, -0.15) is 0 Å². The van der Waals surface area contributed by atoms with E-state index < -0.39 is 0 Å². The number of nitrogens with zero attached hydrogens (tertiary/aromatic N) is 3. The van der Waals surface area contributed by atoms with Crippen molar-refractivity contribution in [1.29, 1.82) is 0 Å². The van der Waals surface area contributed by atoms with Gasteiger partial charge in [0.1, 0.15) is 0 Å². The lowest BCUT2D eigenvalue weighted by molar-refractivity contribution is 0.372. The van der Waals surface area contributed by atoms with E-state index in [4.69, 9.17) is 11.6 Å². The molecule has 0 radical (unpaired) electrons. The molecule has 4 heteroatoms. The number of halogens is 1. The Balaban J connectivity index is 2.92. The van der Waals surface area contributed by atoms with Gasteiger partial charge >= 0.3 is 0 Å². The van der Waals surface area contributed by atoms with Crippen molar-refractivity contribution >= 4 is 17.3 Å². The molecule has 1 aromatic rings. The monoisotopic (exact) mass is 255 g/mol. The average Bonchev–Trinajstić information content (AvgIpc) is 2.29. The minimum atomic E-state index is 0.446. The second kappa shape index (κ2) is 6.82. The molecule has 1 rings (SSSR count). The summed E-state index contributed by atoms with van der Waals surface area (Å²) in [6.07, 6.45) is 3.71. The van der Waals surface area contributed by atoms with E-state index in [1.807, 2.05) is 12.3 Å². The molecule has 0 aliphatic rings. The van der Waals surface area contributed by atoms with E-state index in [0.29, 0.717) is 11.9 Å². The average molecular weight is 256 g/mol. The molecule has 1 atom stereocenters. The van der Waals surface area contributed by atoms with E-state index in [2.05, 4.69) is 42.7 Å². The van der Waals surface area contributed by atoms with E-state index in [0.717, 1.165) is 24.3 Å². The summed E-state index contributed by atoms with van der Waals surface area (Å²) in [5.74, 6) is 0.531. The maximum atomic E-state index is 5.98. The maximum absolute atomic E-state index is 5.98. The molecule has 1 heterocycles. The van der Waals surface area contributed by atoms with Gasteiger partial charge in [-0.15, -0.1) is 11.6 Å². The first-order valence-corrected chi connectivity index (χ1v) is 6.53. The van der Waals surface area contributed by atoms with Crippen molar-refractivity contribution < 1.29 is 0 Å². The molecule has 0 saturated carbocycles. The lowest BCUT2D eigenvalue weighted by atomic mass is 10.2. The van der Waals surface area contributed by atoms with Gasteiger partial charge in [0.15, 0.2) is 0 Å². The van der Waals surface area contributed by atoms with E-state index in [1.165, 1.54) is 0 Å². The van der Waals surface area contributed by atoms with Crippen molar-refractivity contribution in [3.8, 4) is 0 Å². The molecule has 0 saturated heterocycles. The highest BCUT2D eigenvalue weighted by molar-refractivity contribution is 6.17. The van der Waals surface area contributed by atoms with Crippen LogP contribution in [0.2, 0.25) is 0 Å². The third-order valence-corrected chi connectivity index (χ3v) is 3.13. The van der Waals surface area contributed by atoms with E-state index in [1.54, 1.807) is 6.20 Å². The molecule has 0 aliphatic heterocycles. The summed E-state index contributed by atoms with van der Waals surface area (Å²) < 4.78 is 0. The standard InChI is InChI=1S/C13H22ClN3/c1-5-17(11(2)10-16(3)4)13-9-15-7-6-12(13)8-14/h6-7,9,11H,5,8,10H2,1-4H3. The molecule has 0 bridgehead atoms. The molecular formula is C13H22ClN3. The molecule has 0 N–H and O–H groups in total. The van der Waals surface area contributed by atoms with Crippen molar-refractivity contribution in [3.05, 3.63) is 24.0 Å². The molecule has 17 heavy (non-hydrogen) atoms. The zero-order valence-electron chi connectivity index (χ0n) is 11.2. The Morgan fingerprint density at radius 3 is 2.65 bits per heavy atom. The summed E-state index contributed by atoms with van der Waals surface area (Å²) in [6, 6.07) is 2.44. The van der Waals surface area contributed by atoms with Crippen LogP contribution in [0.3, 0.4) is 0 Å². The van der Waals surface area contributed by atoms with Crippen LogP contribution in [0.1, 0.15) is 19.4 Å². The molecule has 1 unspecified atom stereocenters. The summed E-state index contributed by atoms with van der Waals surface area (Å²) in [6.45, 7) is 6.38. The quantitative estimate of drug-likeness (QED) is 0.729. The van der Waals surface area contributed by atoms with Gasteiger partial charge in [-0.25, -0.2) is 0 Å². The third-order valence-electron chi connectivity index (χ3n) is 2.84. The number of aromatic nitrogens is 1. The van der Waals surface area contributed by atoms with Crippen LogP contribution >= 0.6 is 11.6 Å². The summed E-state index contributed by atoms with van der Waals surface area (Å²) in [4.78, 5) is 8.76. The number of likely N-dealkylation sites (N-methyl/N-ethyl adjacent to an activating group) is 2. The third kappa shape index (κ3) is 3.86. The molecular weight excluding hydrogens is 234 g/mol. The topological polar surface area (TPSA) is 19.4 Å². The van der Waals surface area contributed by atoms with Gasteiger partial charge < -0.3 is 9.80 Å². The number of hydrogen-bond donors (Lipinski definition) is 0. The molecule has 0 spiro atoms. The fraction of sp³-hybridized carbons (Fsp3) is 0.615. The Morgan fingerprint density at radius 1 is 1.41 bits per heavy atom. The second-order valence-corrected chi connectivity index (χ2v) is 4.80. The number of rotatable bonds is 6. The summed E-state index contributed by atoms with van der Waals surface area (Å²) in [7, 11) is 4.19. The Kier molecular flexibility index (Phi) is 5.72. The van der Waals surface area contributed by atoms with Crippen molar-refractivity contribution in [1.82, 2.24) is 9.88 Å². The number of pyridine rings is 1. The van der Waals surface area contributed by atoms with Crippen molar-refractivity contribution in [3.63, 3.8) is 0 Å². The summed E-state index contributed by atoms with van der Waals surface area (Å²) in [5.41, 5.74) is 2.30. The van der Waals surface area contributed by atoms with Gasteiger partial charge in [-0.1, -0.05) is 0 Å². The van der Waals surface area contributed by atoms with Gasteiger partial charge in [0.2, 0.25) is 0 Å². The Labute approximate surface area is 109 Å². The van der Waals surface area contributed by atoms with Crippen LogP contribution in [0, 0.1) is 0 Å². The fourth-order valence-corrected chi connectivity index (χ4v) is 2.36. The first-order valence-electron chi connectivity index (χ1n) is 6.00. The second-order valence-electron chi connectivity index (χ2n) is 4.54. The van der Waals surface area contributed by atoms with E-state index >= 15 is 0 Å². The predicted molar refractivity (Wildman–Crippen MR) is 74.8 cm³/mol. The zero-order chi connectivity index (χ0) is 12.8. The lowest BCUT2D eigenvalue weighted by Gasteiger charge is -2.33. The fourth-order valence-electron chi connectivity index (χ4n) is 2.13. The van der Waals surface area contributed by atoms with Crippen LogP contribution < -0.4 is 4.90 Å². The highest BCUT2D eigenvalue weighted by Crippen LogP contribution is 2.22. The minimum absolute atomic E-state index is 0.446.